The summed E-state index contributed by atoms with van der Waals surface area (Å²) in [5, 5.41) is 0. The highest BCUT2D eigenvalue weighted by Crippen LogP contribution is 2.27. The van der Waals surface area contributed by atoms with Gasteiger partial charge in [-0.1, -0.05) is 32.3 Å². The summed E-state index contributed by atoms with van der Waals surface area (Å²) in [7, 11) is -3.36. The van der Waals surface area contributed by atoms with E-state index in [0.29, 0.717) is 11.4 Å². The van der Waals surface area contributed by atoms with Crippen molar-refractivity contribution in [2.24, 2.45) is 5.92 Å². The molecule has 0 spiro atoms. The molecular formula is C18H28N2O2S. The van der Waals surface area contributed by atoms with Crippen molar-refractivity contribution in [1.82, 2.24) is 9.62 Å². The van der Waals surface area contributed by atoms with E-state index < -0.39 is 10.0 Å². The molecule has 5 heteroatoms. The zero-order chi connectivity index (χ0) is 16.3. The van der Waals surface area contributed by atoms with Gasteiger partial charge in [0.15, 0.2) is 0 Å². The largest absolute Gasteiger partial charge is 0.298 e. The molecule has 1 saturated carbocycles. The second kappa shape index (κ2) is 7.32. The Balaban J connectivity index is 1.71. The lowest BCUT2D eigenvalue weighted by Gasteiger charge is -2.33. The SMILES string of the molecule is CCNS(=O)(=O)c1ccc2c(c1)CN(CC1CCCCC1)CC2. The van der Waals surface area contributed by atoms with Crippen LogP contribution in [0.5, 0.6) is 0 Å². The number of sulfonamides is 1. The summed E-state index contributed by atoms with van der Waals surface area (Å²) in [5.41, 5.74) is 2.49. The van der Waals surface area contributed by atoms with Gasteiger partial charge < -0.3 is 0 Å². The molecule has 23 heavy (non-hydrogen) atoms. The van der Waals surface area contributed by atoms with Crippen LogP contribution in [0.1, 0.15) is 50.2 Å². The van der Waals surface area contributed by atoms with Crippen LogP contribution in [0.3, 0.4) is 0 Å². The molecule has 3 rings (SSSR count). The van der Waals surface area contributed by atoms with Gasteiger partial charge in [0, 0.05) is 26.2 Å². The van der Waals surface area contributed by atoms with Crippen LogP contribution >= 0.6 is 0 Å². The van der Waals surface area contributed by atoms with E-state index in [1.807, 2.05) is 19.1 Å². The van der Waals surface area contributed by atoms with Gasteiger partial charge in [0.05, 0.1) is 4.90 Å². The van der Waals surface area contributed by atoms with Crippen LogP contribution in [0, 0.1) is 5.92 Å². The molecule has 0 radical (unpaired) electrons. The molecule has 0 unspecified atom stereocenters. The van der Waals surface area contributed by atoms with E-state index >= 15 is 0 Å². The minimum atomic E-state index is -3.36. The average molecular weight is 337 g/mol. The van der Waals surface area contributed by atoms with Gasteiger partial charge in [0.2, 0.25) is 10.0 Å². The van der Waals surface area contributed by atoms with Crippen molar-refractivity contribution >= 4 is 10.0 Å². The smallest absolute Gasteiger partial charge is 0.240 e. The first-order chi connectivity index (χ1) is 11.1. The standard InChI is InChI=1S/C18H28N2O2S/c1-2-19-23(21,22)18-9-8-16-10-11-20(14-17(16)12-18)13-15-6-4-3-5-7-15/h8-9,12,15,19H,2-7,10-11,13-14H2,1H3. The van der Waals surface area contributed by atoms with Gasteiger partial charge in [-0.25, -0.2) is 13.1 Å². The maximum Gasteiger partial charge on any atom is 0.240 e. The fraction of sp³-hybridized carbons (Fsp3) is 0.667. The Morgan fingerprint density at radius 2 is 1.96 bits per heavy atom. The average Bonchev–Trinajstić information content (AvgIpc) is 2.55. The van der Waals surface area contributed by atoms with Gasteiger partial charge in [-0.3, -0.25) is 4.90 Å². The van der Waals surface area contributed by atoms with E-state index in [1.165, 1.54) is 49.8 Å². The van der Waals surface area contributed by atoms with Crippen molar-refractivity contribution in [3.05, 3.63) is 29.3 Å². The fourth-order valence-electron chi connectivity index (χ4n) is 3.92. The van der Waals surface area contributed by atoms with Crippen LogP contribution < -0.4 is 4.72 Å². The summed E-state index contributed by atoms with van der Waals surface area (Å²) in [5.74, 6) is 0.832. The Bertz CT molecular complexity index is 636. The Kier molecular flexibility index (Phi) is 5.39. The summed E-state index contributed by atoms with van der Waals surface area (Å²) >= 11 is 0. The van der Waals surface area contributed by atoms with Crippen molar-refractivity contribution in [2.45, 2.75) is 56.9 Å². The minimum absolute atomic E-state index is 0.401. The fourth-order valence-corrected chi connectivity index (χ4v) is 5.01. The van der Waals surface area contributed by atoms with Crippen molar-refractivity contribution in [1.29, 1.82) is 0 Å². The van der Waals surface area contributed by atoms with Crippen LogP contribution in [0.4, 0.5) is 0 Å². The Hall–Kier alpha value is -0.910. The van der Waals surface area contributed by atoms with Gasteiger partial charge >= 0.3 is 0 Å². The van der Waals surface area contributed by atoms with E-state index in [1.54, 1.807) is 6.07 Å². The molecule has 0 atom stereocenters. The summed E-state index contributed by atoms with van der Waals surface area (Å²) in [4.78, 5) is 2.92. The van der Waals surface area contributed by atoms with Crippen LogP contribution in [-0.4, -0.2) is 33.0 Å². The number of nitrogens with zero attached hydrogens (tertiary/aromatic N) is 1. The monoisotopic (exact) mass is 336 g/mol. The lowest BCUT2D eigenvalue weighted by Crippen LogP contribution is -2.35. The second-order valence-electron chi connectivity index (χ2n) is 6.92. The van der Waals surface area contributed by atoms with E-state index in [9.17, 15) is 8.42 Å². The Morgan fingerprint density at radius 3 is 2.70 bits per heavy atom. The van der Waals surface area contributed by atoms with Crippen LogP contribution in [0.15, 0.2) is 23.1 Å². The zero-order valence-corrected chi connectivity index (χ0v) is 14.9. The van der Waals surface area contributed by atoms with Crippen LogP contribution in [-0.2, 0) is 23.0 Å². The first kappa shape index (κ1) is 16.9. The lowest BCUT2D eigenvalue weighted by molar-refractivity contribution is 0.187. The van der Waals surface area contributed by atoms with Crippen LogP contribution in [0.2, 0.25) is 0 Å². The van der Waals surface area contributed by atoms with Gasteiger partial charge in [0.1, 0.15) is 0 Å². The highest BCUT2D eigenvalue weighted by atomic mass is 32.2. The highest BCUT2D eigenvalue weighted by Gasteiger charge is 2.23. The zero-order valence-electron chi connectivity index (χ0n) is 14.1. The molecule has 0 amide bonds. The number of hydrogen-bond donors (Lipinski definition) is 1. The van der Waals surface area contributed by atoms with Gasteiger partial charge in [-0.15, -0.1) is 0 Å². The molecule has 1 aliphatic carbocycles. The predicted octanol–water partition coefficient (Wildman–Crippen LogP) is 2.92. The number of fused-ring (bicyclic) bond motifs is 1. The quantitative estimate of drug-likeness (QED) is 0.899. The van der Waals surface area contributed by atoms with E-state index in [0.717, 1.165) is 25.4 Å². The molecule has 1 heterocycles. The van der Waals surface area contributed by atoms with Gasteiger partial charge in [0.25, 0.3) is 0 Å². The molecule has 128 valence electrons. The molecule has 2 aliphatic rings. The third-order valence-corrected chi connectivity index (χ3v) is 6.70. The number of nitrogens with one attached hydrogen (secondary N) is 1. The molecule has 1 aliphatic heterocycles. The number of benzene rings is 1. The van der Waals surface area contributed by atoms with E-state index in [-0.39, 0.29) is 0 Å². The van der Waals surface area contributed by atoms with Crippen molar-refractivity contribution < 1.29 is 8.42 Å². The third-order valence-electron chi connectivity index (χ3n) is 5.15. The van der Waals surface area contributed by atoms with Crippen molar-refractivity contribution in [2.75, 3.05) is 19.6 Å². The summed E-state index contributed by atoms with van der Waals surface area (Å²) in [6.45, 7) is 5.39. The summed E-state index contributed by atoms with van der Waals surface area (Å²) in [6.07, 6.45) is 7.89. The first-order valence-electron chi connectivity index (χ1n) is 8.92. The Morgan fingerprint density at radius 1 is 1.17 bits per heavy atom. The number of rotatable bonds is 5. The minimum Gasteiger partial charge on any atom is -0.298 e. The topological polar surface area (TPSA) is 49.4 Å². The van der Waals surface area contributed by atoms with E-state index in [2.05, 4.69) is 9.62 Å². The summed E-state index contributed by atoms with van der Waals surface area (Å²) in [6, 6.07) is 5.62. The highest BCUT2D eigenvalue weighted by molar-refractivity contribution is 7.89. The molecule has 4 nitrogen and oxygen atoms in total. The normalized spacial score (nSPS) is 20.4. The maximum absolute atomic E-state index is 12.2. The van der Waals surface area contributed by atoms with E-state index in [4.69, 9.17) is 0 Å². The summed E-state index contributed by atoms with van der Waals surface area (Å²) < 4.78 is 27.0. The lowest BCUT2D eigenvalue weighted by atomic mass is 9.88. The van der Waals surface area contributed by atoms with Crippen molar-refractivity contribution in [3.63, 3.8) is 0 Å². The predicted molar refractivity (Wildman–Crippen MR) is 92.9 cm³/mol. The molecule has 1 aromatic carbocycles. The second-order valence-corrected chi connectivity index (χ2v) is 8.69. The maximum atomic E-state index is 12.2. The number of hydrogen-bond acceptors (Lipinski definition) is 3. The molecule has 0 aromatic heterocycles. The molecular weight excluding hydrogens is 308 g/mol. The molecule has 1 N–H and O–H groups in total. The van der Waals surface area contributed by atoms with Crippen molar-refractivity contribution in [3.8, 4) is 0 Å². The molecule has 0 bridgehead atoms. The van der Waals surface area contributed by atoms with Gasteiger partial charge in [-0.2, -0.15) is 0 Å². The molecule has 1 fully saturated rings. The third kappa shape index (κ3) is 4.14. The first-order valence-corrected chi connectivity index (χ1v) is 10.4. The molecule has 1 aromatic rings. The molecule has 0 saturated heterocycles. The van der Waals surface area contributed by atoms with Gasteiger partial charge in [-0.05, 0) is 48.4 Å². The Labute approximate surface area is 140 Å². The van der Waals surface area contributed by atoms with Crippen LogP contribution in [0.25, 0.3) is 0 Å².